The second-order valence-electron chi connectivity index (χ2n) is 5.87. The van der Waals surface area contributed by atoms with E-state index >= 15 is 0 Å². The first kappa shape index (κ1) is 16.8. The van der Waals surface area contributed by atoms with E-state index in [2.05, 4.69) is 33.8 Å². The Bertz CT molecular complexity index is 505. The molecule has 2 atom stereocenters. The van der Waals surface area contributed by atoms with Crippen LogP contribution in [0.1, 0.15) is 30.7 Å². The number of carbonyl (C=O) groups is 1. The minimum atomic E-state index is -0.151. The van der Waals surface area contributed by atoms with Crippen LogP contribution in [-0.4, -0.2) is 49.1 Å². The molecule has 1 aromatic rings. The Morgan fingerprint density at radius 2 is 2.27 bits per heavy atom. The van der Waals surface area contributed by atoms with Crippen LogP contribution >= 0.6 is 11.3 Å². The van der Waals surface area contributed by atoms with Crippen molar-refractivity contribution in [3.05, 3.63) is 22.4 Å². The molecule has 0 bridgehead atoms. The van der Waals surface area contributed by atoms with Crippen molar-refractivity contribution >= 4 is 17.4 Å². The fourth-order valence-electron chi connectivity index (χ4n) is 2.80. The Balaban J connectivity index is 1.91. The van der Waals surface area contributed by atoms with Crippen molar-refractivity contribution in [1.29, 1.82) is 5.26 Å². The van der Waals surface area contributed by atoms with Gasteiger partial charge in [-0.05, 0) is 44.3 Å². The summed E-state index contributed by atoms with van der Waals surface area (Å²) in [6.45, 7) is 5.09. The van der Waals surface area contributed by atoms with Gasteiger partial charge in [0.1, 0.15) is 0 Å². The molecule has 5 nitrogen and oxygen atoms in total. The SMILES string of the molecule is C[C@@H](C#N)CN(C)C(=O)NC[C@@H](c1cccs1)N1CCCC1. The molecule has 0 spiro atoms. The summed E-state index contributed by atoms with van der Waals surface area (Å²) in [6, 6.07) is 6.50. The lowest BCUT2D eigenvalue weighted by Gasteiger charge is -2.28. The molecule has 0 aromatic carbocycles. The zero-order valence-electron chi connectivity index (χ0n) is 13.3. The fraction of sp³-hybridized carbons (Fsp3) is 0.625. The number of amides is 2. The van der Waals surface area contributed by atoms with Crippen LogP contribution in [0, 0.1) is 17.2 Å². The molecule has 1 saturated heterocycles. The molecule has 22 heavy (non-hydrogen) atoms. The Hall–Kier alpha value is -1.58. The maximum atomic E-state index is 12.2. The lowest BCUT2D eigenvalue weighted by atomic mass is 10.2. The van der Waals surface area contributed by atoms with Gasteiger partial charge in [-0.15, -0.1) is 11.3 Å². The molecule has 2 amide bonds. The lowest BCUT2D eigenvalue weighted by molar-refractivity contribution is 0.195. The molecule has 0 unspecified atom stereocenters. The molecule has 1 aliphatic rings. The normalized spacial score (nSPS) is 17.7. The van der Waals surface area contributed by atoms with Gasteiger partial charge in [0.25, 0.3) is 0 Å². The van der Waals surface area contributed by atoms with Gasteiger partial charge in [0.15, 0.2) is 0 Å². The number of nitrogens with zero attached hydrogens (tertiary/aromatic N) is 3. The molecule has 6 heteroatoms. The van der Waals surface area contributed by atoms with Crippen molar-refractivity contribution in [1.82, 2.24) is 15.1 Å². The van der Waals surface area contributed by atoms with E-state index in [1.807, 2.05) is 6.92 Å². The molecule has 1 fully saturated rings. The number of nitriles is 1. The van der Waals surface area contributed by atoms with Gasteiger partial charge in [-0.1, -0.05) is 6.07 Å². The van der Waals surface area contributed by atoms with Gasteiger partial charge in [0.05, 0.1) is 18.0 Å². The molecule has 0 radical (unpaired) electrons. The highest BCUT2D eigenvalue weighted by Gasteiger charge is 2.25. The van der Waals surface area contributed by atoms with Gasteiger partial charge in [-0.2, -0.15) is 5.26 Å². The number of thiophene rings is 1. The van der Waals surface area contributed by atoms with E-state index < -0.39 is 0 Å². The van der Waals surface area contributed by atoms with Crippen molar-refractivity contribution in [2.75, 3.05) is 33.2 Å². The van der Waals surface area contributed by atoms with E-state index in [0.717, 1.165) is 13.1 Å². The molecule has 120 valence electrons. The summed E-state index contributed by atoms with van der Waals surface area (Å²) < 4.78 is 0. The van der Waals surface area contributed by atoms with E-state index in [1.165, 1.54) is 17.7 Å². The first-order valence-corrected chi connectivity index (χ1v) is 8.66. The van der Waals surface area contributed by atoms with Crippen LogP contribution in [0.15, 0.2) is 17.5 Å². The number of nitrogens with one attached hydrogen (secondary N) is 1. The fourth-order valence-corrected chi connectivity index (χ4v) is 3.66. The zero-order chi connectivity index (χ0) is 15.9. The minimum Gasteiger partial charge on any atom is -0.336 e. The van der Waals surface area contributed by atoms with Gasteiger partial charge in [-0.3, -0.25) is 4.90 Å². The number of carbonyl (C=O) groups excluding carboxylic acids is 1. The smallest absolute Gasteiger partial charge is 0.317 e. The third-order valence-corrected chi connectivity index (χ3v) is 4.99. The van der Waals surface area contributed by atoms with E-state index in [4.69, 9.17) is 5.26 Å². The molecule has 2 rings (SSSR count). The quantitative estimate of drug-likeness (QED) is 0.876. The van der Waals surface area contributed by atoms with Gasteiger partial charge in [0, 0.05) is 25.0 Å². The predicted octanol–water partition coefficient (Wildman–Crippen LogP) is 2.69. The number of urea groups is 1. The van der Waals surface area contributed by atoms with Crippen LogP contribution in [0.2, 0.25) is 0 Å². The monoisotopic (exact) mass is 320 g/mol. The van der Waals surface area contributed by atoms with Crippen molar-refractivity contribution in [2.24, 2.45) is 5.92 Å². The van der Waals surface area contributed by atoms with E-state index in [0.29, 0.717) is 13.1 Å². The van der Waals surface area contributed by atoms with Crippen LogP contribution in [0.5, 0.6) is 0 Å². The van der Waals surface area contributed by atoms with Crippen molar-refractivity contribution < 1.29 is 4.79 Å². The van der Waals surface area contributed by atoms with Crippen LogP contribution in [0.3, 0.4) is 0 Å². The largest absolute Gasteiger partial charge is 0.336 e. The Morgan fingerprint density at radius 1 is 1.55 bits per heavy atom. The first-order chi connectivity index (χ1) is 10.6. The summed E-state index contributed by atoms with van der Waals surface area (Å²) in [6.07, 6.45) is 2.46. The summed E-state index contributed by atoms with van der Waals surface area (Å²) in [5.41, 5.74) is 0. The van der Waals surface area contributed by atoms with Crippen LogP contribution in [0.4, 0.5) is 4.79 Å². The summed E-state index contributed by atoms with van der Waals surface area (Å²) >= 11 is 1.74. The van der Waals surface area contributed by atoms with E-state index in [1.54, 1.807) is 23.3 Å². The predicted molar refractivity (Wildman–Crippen MR) is 88.7 cm³/mol. The molecule has 0 aliphatic carbocycles. The Morgan fingerprint density at radius 3 is 2.86 bits per heavy atom. The van der Waals surface area contributed by atoms with Gasteiger partial charge in [0.2, 0.25) is 0 Å². The second-order valence-corrected chi connectivity index (χ2v) is 6.85. The van der Waals surface area contributed by atoms with Crippen LogP contribution in [-0.2, 0) is 0 Å². The number of likely N-dealkylation sites (tertiary alicyclic amines) is 1. The molecule has 1 aromatic heterocycles. The number of rotatable bonds is 6. The Kier molecular flexibility index (Phi) is 6.22. The summed E-state index contributed by atoms with van der Waals surface area (Å²) in [7, 11) is 1.74. The minimum absolute atomic E-state index is 0.108. The van der Waals surface area contributed by atoms with Crippen molar-refractivity contribution in [3.8, 4) is 6.07 Å². The third kappa shape index (κ3) is 4.46. The van der Waals surface area contributed by atoms with Crippen LogP contribution < -0.4 is 5.32 Å². The topological polar surface area (TPSA) is 59.4 Å². The molecular weight excluding hydrogens is 296 g/mol. The van der Waals surface area contributed by atoms with Crippen molar-refractivity contribution in [2.45, 2.75) is 25.8 Å². The van der Waals surface area contributed by atoms with Crippen molar-refractivity contribution in [3.63, 3.8) is 0 Å². The molecule has 2 heterocycles. The van der Waals surface area contributed by atoms with Gasteiger partial charge < -0.3 is 10.2 Å². The van der Waals surface area contributed by atoms with E-state index in [9.17, 15) is 4.79 Å². The van der Waals surface area contributed by atoms with Gasteiger partial charge >= 0.3 is 6.03 Å². The number of hydrogen-bond donors (Lipinski definition) is 1. The highest BCUT2D eigenvalue weighted by molar-refractivity contribution is 7.10. The zero-order valence-corrected chi connectivity index (χ0v) is 14.1. The summed E-state index contributed by atoms with van der Waals surface area (Å²) in [4.78, 5) is 17.5. The average Bonchev–Trinajstić information content (AvgIpc) is 3.20. The second kappa shape index (κ2) is 8.16. The van der Waals surface area contributed by atoms with E-state index in [-0.39, 0.29) is 18.0 Å². The van der Waals surface area contributed by atoms with Gasteiger partial charge in [-0.25, -0.2) is 4.79 Å². The maximum absolute atomic E-state index is 12.2. The highest BCUT2D eigenvalue weighted by Crippen LogP contribution is 2.27. The number of hydrogen-bond acceptors (Lipinski definition) is 4. The average molecular weight is 320 g/mol. The summed E-state index contributed by atoms with van der Waals surface area (Å²) in [5.74, 6) is -0.151. The molecule has 1 N–H and O–H groups in total. The highest BCUT2D eigenvalue weighted by atomic mass is 32.1. The molecule has 0 saturated carbocycles. The summed E-state index contributed by atoms with van der Waals surface area (Å²) in [5, 5.41) is 13.9. The Labute approximate surface area is 136 Å². The maximum Gasteiger partial charge on any atom is 0.317 e. The standard InChI is InChI=1S/C16H24N4OS/c1-13(10-17)12-19(2)16(21)18-11-14(15-6-5-9-22-15)20-7-3-4-8-20/h5-6,9,13-14H,3-4,7-8,11-12H2,1-2H3,(H,18,21)/t13-,14-/m0/s1. The molecular formula is C16H24N4OS. The lowest BCUT2D eigenvalue weighted by Crippen LogP contribution is -2.43. The van der Waals surface area contributed by atoms with Crippen LogP contribution in [0.25, 0.3) is 0 Å². The third-order valence-electron chi connectivity index (χ3n) is 4.01. The molecule has 1 aliphatic heterocycles. The first-order valence-electron chi connectivity index (χ1n) is 7.78.